The number of halogens is 3. The van der Waals surface area contributed by atoms with E-state index in [9.17, 15) is 17.2 Å². The minimum Gasteiger partial charge on any atom is -0.346 e. The van der Waals surface area contributed by atoms with Gasteiger partial charge < -0.3 is 9.88 Å². The van der Waals surface area contributed by atoms with Gasteiger partial charge in [-0.3, -0.25) is 9.40 Å². The van der Waals surface area contributed by atoms with Gasteiger partial charge >= 0.3 is 0 Å². The van der Waals surface area contributed by atoms with Crippen LogP contribution in [0.1, 0.15) is 18.9 Å². The van der Waals surface area contributed by atoms with Crippen molar-refractivity contribution in [3.63, 3.8) is 0 Å². The summed E-state index contributed by atoms with van der Waals surface area (Å²) in [5, 5.41) is 5.64. The highest BCUT2D eigenvalue weighted by molar-refractivity contribution is 7.92. The molecule has 2 aromatic carbocycles. The first kappa shape index (κ1) is 26.1. The highest BCUT2D eigenvalue weighted by Gasteiger charge is 2.27. The number of nitrogens with zero attached hydrogens (tertiary/aromatic N) is 4. The predicted molar refractivity (Wildman–Crippen MR) is 146 cm³/mol. The number of hydrogen-bond acceptors (Lipinski definition) is 5. The molecule has 2 N–H and O–H groups in total. The molecule has 12 heteroatoms. The van der Waals surface area contributed by atoms with Crippen molar-refractivity contribution in [2.45, 2.75) is 23.8 Å². The van der Waals surface area contributed by atoms with Gasteiger partial charge in [0.05, 0.1) is 11.7 Å². The van der Waals surface area contributed by atoms with Gasteiger partial charge in [0.15, 0.2) is 5.82 Å². The summed E-state index contributed by atoms with van der Waals surface area (Å²) in [4.78, 5) is 8.76. The zero-order chi connectivity index (χ0) is 28.0. The summed E-state index contributed by atoms with van der Waals surface area (Å²) >= 11 is 0. The fourth-order valence-corrected chi connectivity index (χ4v) is 6.26. The number of aromatic nitrogens is 4. The Morgan fingerprint density at radius 1 is 1.00 bits per heavy atom. The van der Waals surface area contributed by atoms with Gasteiger partial charge in [0.25, 0.3) is 10.0 Å². The largest absolute Gasteiger partial charge is 0.346 e. The fraction of sp³-hybridized carbons (Fsp3) is 0.214. The van der Waals surface area contributed by atoms with E-state index in [0.29, 0.717) is 29.0 Å². The molecule has 0 aliphatic carbocycles. The molecule has 3 aromatic heterocycles. The average molecular weight is 567 g/mol. The van der Waals surface area contributed by atoms with Crippen molar-refractivity contribution < 1.29 is 21.6 Å². The number of aromatic amines is 1. The number of sulfonamides is 1. The van der Waals surface area contributed by atoms with E-state index >= 15 is 4.39 Å². The van der Waals surface area contributed by atoms with Crippen LogP contribution in [0.5, 0.6) is 0 Å². The zero-order valence-electron chi connectivity index (χ0n) is 21.4. The summed E-state index contributed by atoms with van der Waals surface area (Å²) in [5.74, 6) is -2.98. The number of benzene rings is 2. The Balaban J connectivity index is 1.46. The third kappa shape index (κ3) is 4.73. The molecule has 206 valence electrons. The Kier molecular flexibility index (Phi) is 6.59. The van der Waals surface area contributed by atoms with Gasteiger partial charge in [-0.25, -0.2) is 26.6 Å². The third-order valence-corrected chi connectivity index (χ3v) is 8.61. The molecule has 1 aliphatic rings. The summed E-state index contributed by atoms with van der Waals surface area (Å²) in [6.07, 6.45) is 7.05. The summed E-state index contributed by atoms with van der Waals surface area (Å²) in [6, 6.07) is 10.1. The molecule has 0 bridgehead atoms. The predicted octanol–water partition coefficient (Wildman–Crippen LogP) is 5.58. The first-order valence-corrected chi connectivity index (χ1v) is 14.2. The second kappa shape index (κ2) is 10.1. The molecule has 0 saturated carbocycles. The van der Waals surface area contributed by atoms with Crippen molar-refractivity contribution in [1.29, 1.82) is 0 Å². The SMILES string of the molecule is CN1CCC(n2cc(-c3ccnc4[nH]ccc34)c(-c3cccc(NS(=O)(=O)c4cc(F)ccc4F)c3F)n2)CC1. The number of fused-ring (bicyclic) bond motifs is 1. The van der Waals surface area contributed by atoms with Gasteiger partial charge in [0.1, 0.15) is 27.9 Å². The molecule has 8 nitrogen and oxygen atoms in total. The highest BCUT2D eigenvalue weighted by atomic mass is 32.2. The molecular weight excluding hydrogens is 541 g/mol. The zero-order valence-corrected chi connectivity index (χ0v) is 22.2. The molecule has 0 atom stereocenters. The Hall–Kier alpha value is -4.16. The molecule has 1 aliphatic heterocycles. The van der Waals surface area contributed by atoms with Gasteiger partial charge in [-0.2, -0.15) is 5.10 Å². The number of H-pyrrole nitrogens is 1. The summed E-state index contributed by atoms with van der Waals surface area (Å²) < 4.78 is 73.8. The molecule has 0 radical (unpaired) electrons. The number of anilines is 1. The van der Waals surface area contributed by atoms with Crippen LogP contribution in [-0.2, 0) is 10.0 Å². The van der Waals surface area contributed by atoms with Crippen LogP contribution in [0.3, 0.4) is 0 Å². The van der Waals surface area contributed by atoms with Gasteiger partial charge in [-0.15, -0.1) is 0 Å². The standard InChI is InChI=1S/C28H25F3N6O2S/c1-36-13-9-18(10-14-36)37-16-22(19-7-11-32-28-20(19)8-12-33-28)27(34-37)21-3-2-4-24(26(21)31)35-40(38,39)25-15-17(29)5-6-23(25)30/h2-8,11-12,15-16,18,35H,9-10,13-14H2,1H3,(H,32,33). The van der Waals surface area contributed by atoms with Crippen LogP contribution in [0.4, 0.5) is 18.9 Å². The molecule has 1 fully saturated rings. The van der Waals surface area contributed by atoms with E-state index in [1.54, 1.807) is 12.4 Å². The molecule has 1 saturated heterocycles. The second-order valence-corrected chi connectivity index (χ2v) is 11.5. The number of piperidine rings is 1. The van der Waals surface area contributed by atoms with Crippen molar-refractivity contribution in [1.82, 2.24) is 24.6 Å². The Bertz CT molecular complexity index is 1830. The molecule has 6 rings (SSSR count). The van der Waals surface area contributed by atoms with Crippen LogP contribution in [0.15, 0.2) is 72.0 Å². The van der Waals surface area contributed by atoms with Crippen LogP contribution in [0, 0.1) is 17.5 Å². The number of pyridine rings is 1. The van der Waals surface area contributed by atoms with Crippen molar-refractivity contribution in [2.75, 3.05) is 24.9 Å². The van der Waals surface area contributed by atoms with Crippen LogP contribution in [-0.4, -0.2) is 53.2 Å². The molecule has 0 spiro atoms. The first-order valence-electron chi connectivity index (χ1n) is 12.7. The number of likely N-dealkylation sites (tertiary alicyclic amines) is 1. The molecular formula is C28H25F3N6O2S. The number of nitrogens with one attached hydrogen (secondary N) is 2. The van der Waals surface area contributed by atoms with E-state index in [1.165, 1.54) is 18.2 Å². The summed E-state index contributed by atoms with van der Waals surface area (Å²) in [5.41, 5.74) is 2.07. The van der Waals surface area contributed by atoms with Gasteiger partial charge in [-0.05, 0) is 81.0 Å². The lowest BCUT2D eigenvalue weighted by atomic mass is 9.99. The quantitative estimate of drug-likeness (QED) is 0.280. The Labute approximate surface area is 228 Å². The van der Waals surface area contributed by atoms with E-state index in [2.05, 4.69) is 26.6 Å². The van der Waals surface area contributed by atoms with Gasteiger partial charge in [-0.1, -0.05) is 6.07 Å². The lowest BCUT2D eigenvalue weighted by Gasteiger charge is -2.29. The van der Waals surface area contributed by atoms with Crippen molar-refractivity contribution >= 4 is 26.7 Å². The van der Waals surface area contributed by atoms with E-state index in [-0.39, 0.29) is 11.6 Å². The van der Waals surface area contributed by atoms with Crippen LogP contribution >= 0.6 is 0 Å². The third-order valence-electron chi connectivity index (χ3n) is 7.23. The maximum Gasteiger partial charge on any atom is 0.265 e. The Morgan fingerprint density at radius 3 is 2.60 bits per heavy atom. The van der Waals surface area contributed by atoms with Crippen LogP contribution in [0.2, 0.25) is 0 Å². The molecule has 4 heterocycles. The first-order chi connectivity index (χ1) is 19.2. The lowest BCUT2D eigenvalue weighted by molar-refractivity contribution is 0.212. The number of rotatable bonds is 6. The maximum absolute atomic E-state index is 16.1. The highest BCUT2D eigenvalue weighted by Crippen LogP contribution is 2.39. The van der Waals surface area contributed by atoms with Crippen LogP contribution < -0.4 is 4.72 Å². The smallest absolute Gasteiger partial charge is 0.265 e. The van der Waals surface area contributed by atoms with Gasteiger partial charge in [0.2, 0.25) is 0 Å². The maximum atomic E-state index is 16.1. The van der Waals surface area contributed by atoms with Gasteiger partial charge in [0, 0.05) is 35.1 Å². The Morgan fingerprint density at radius 2 is 1.80 bits per heavy atom. The molecule has 5 aromatic rings. The second-order valence-electron chi connectivity index (χ2n) is 9.85. The molecule has 40 heavy (non-hydrogen) atoms. The monoisotopic (exact) mass is 566 g/mol. The fourth-order valence-electron chi connectivity index (χ4n) is 5.11. The summed E-state index contributed by atoms with van der Waals surface area (Å²) in [7, 11) is -2.57. The average Bonchev–Trinajstić information content (AvgIpc) is 3.59. The van der Waals surface area contributed by atoms with E-state index in [0.717, 1.165) is 42.9 Å². The van der Waals surface area contributed by atoms with E-state index in [4.69, 9.17) is 5.10 Å². The van der Waals surface area contributed by atoms with Crippen molar-refractivity contribution in [3.05, 3.63) is 84.6 Å². The minimum absolute atomic E-state index is 0.0575. The lowest BCUT2D eigenvalue weighted by Crippen LogP contribution is -2.31. The topological polar surface area (TPSA) is 95.9 Å². The molecule has 0 unspecified atom stereocenters. The molecule has 0 amide bonds. The minimum atomic E-state index is -4.64. The van der Waals surface area contributed by atoms with E-state index < -0.39 is 38.1 Å². The number of hydrogen-bond donors (Lipinski definition) is 2. The normalized spacial score (nSPS) is 15.1. The van der Waals surface area contributed by atoms with Crippen LogP contribution in [0.25, 0.3) is 33.4 Å². The summed E-state index contributed by atoms with van der Waals surface area (Å²) in [6.45, 7) is 1.80. The van der Waals surface area contributed by atoms with Crippen molar-refractivity contribution in [3.8, 4) is 22.4 Å². The van der Waals surface area contributed by atoms with Crippen molar-refractivity contribution in [2.24, 2.45) is 0 Å². The van der Waals surface area contributed by atoms with E-state index in [1.807, 2.05) is 23.0 Å².